The van der Waals surface area contributed by atoms with E-state index in [2.05, 4.69) is 6.58 Å². The number of hydrogen-bond acceptors (Lipinski definition) is 6. The van der Waals surface area contributed by atoms with E-state index in [-0.39, 0.29) is 32.7 Å². The highest BCUT2D eigenvalue weighted by molar-refractivity contribution is 7.94. The van der Waals surface area contributed by atoms with Gasteiger partial charge in [0.1, 0.15) is 22.1 Å². The van der Waals surface area contributed by atoms with Crippen LogP contribution in [0.1, 0.15) is 23.7 Å². The lowest BCUT2D eigenvalue weighted by Crippen LogP contribution is -2.51. The highest BCUT2D eigenvalue weighted by Crippen LogP contribution is 2.55. The Bertz CT molecular complexity index is 962. The number of methoxy groups -OCH3 is 2. The SMILES string of the molecule is C=C1C=C(S(C)(=O)=O)[C@@]2(Oc3c(Cl)c(OC)cc(OC)c3C2=O)[C@H](C)C1. The average Bonchev–Trinajstić information content (AvgIpc) is 2.86. The zero-order chi connectivity index (χ0) is 19.4. The van der Waals surface area contributed by atoms with Crippen molar-refractivity contribution in [3.8, 4) is 17.2 Å². The maximum absolute atomic E-state index is 13.4. The maximum atomic E-state index is 13.4. The summed E-state index contributed by atoms with van der Waals surface area (Å²) in [6, 6.07) is 1.48. The molecule has 140 valence electrons. The van der Waals surface area contributed by atoms with E-state index in [9.17, 15) is 13.2 Å². The Morgan fingerprint density at radius 3 is 2.46 bits per heavy atom. The molecule has 8 heteroatoms. The van der Waals surface area contributed by atoms with Gasteiger partial charge in [-0.15, -0.1) is 0 Å². The molecule has 0 unspecified atom stereocenters. The van der Waals surface area contributed by atoms with Crippen LogP contribution in [0.2, 0.25) is 5.02 Å². The van der Waals surface area contributed by atoms with Gasteiger partial charge >= 0.3 is 0 Å². The second kappa shape index (κ2) is 6.03. The molecule has 0 saturated heterocycles. The molecule has 1 spiro atoms. The lowest BCUT2D eigenvalue weighted by Gasteiger charge is -2.38. The van der Waals surface area contributed by atoms with E-state index >= 15 is 0 Å². The first kappa shape index (κ1) is 18.8. The van der Waals surface area contributed by atoms with Gasteiger partial charge in [-0.3, -0.25) is 4.79 Å². The largest absolute Gasteiger partial charge is 0.496 e. The Hall–Kier alpha value is -1.99. The standard InChI is InChI=1S/C18H19ClO6S/c1-9-6-10(2)18(13(7-9)26(5,21)22)17(20)14-11(23-3)8-12(24-4)15(19)16(14)25-18/h7-8,10H,1,6H2,2-5H3/t10-,18+/m1/s1. The van der Waals surface area contributed by atoms with E-state index in [0.717, 1.165) is 6.26 Å². The van der Waals surface area contributed by atoms with Crippen LogP contribution in [-0.2, 0) is 9.84 Å². The van der Waals surface area contributed by atoms with Crippen LogP contribution < -0.4 is 14.2 Å². The Morgan fingerprint density at radius 1 is 1.31 bits per heavy atom. The number of rotatable bonds is 3. The van der Waals surface area contributed by atoms with Crippen LogP contribution in [0.15, 0.2) is 29.2 Å². The van der Waals surface area contributed by atoms with Crippen molar-refractivity contribution in [2.75, 3.05) is 20.5 Å². The van der Waals surface area contributed by atoms with Crippen LogP contribution in [0.4, 0.5) is 0 Å². The molecule has 0 bridgehead atoms. The summed E-state index contributed by atoms with van der Waals surface area (Å²) in [5, 5.41) is 0.0953. The molecule has 0 aromatic heterocycles. The van der Waals surface area contributed by atoms with Gasteiger partial charge in [-0.05, 0) is 12.5 Å². The molecule has 6 nitrogen and oxygen atoms in total. The number of ketones is 1. The van der Waals surface area contributed by atoms with Gasteiger partial charge in [0.2, 0.25) is 11.4 Å². The minimum absolute atomic E-state index is 0.0711. The number of halogens is 1. The summed E-state index contributed by atoms with van der Waals surface area (Å²) < 4.78 is 41.5. The summed E-state index contributed by atoms with van der Waals surface area (Å²) in [5.41, 5.74) is -0.959. The van der Waals surface area contributed by atoms with Crippen molar-refractivity contribution in [2.45, 2.75) is 18.9 Å². The van der Waals surface area contributed by atoms with Gasteiger partial charge in [0.05, 0.1) is 19.1 Å². The minimum Gasteiger partial charge on any atom is -0.496 e. The van der Waals surface area contributed by atoms with E-state index in [4.69, 9.17) is 25.8 Å². The van der Waals surface area contributed by atoms with Crippen LogP contribution in [0.3, 0.4) is 0 Å². The molecular weight excluding hydrogens is 380 g/mol. The molecule has 2 atom stereocenters. The topological polar surface area (TPSA) is 78.9 Å². The van der Waals surface area contributed by atoms with Crippen molar-refractivity contribution in [1.82, 2.24) is 0 Å². The number of hydrogen-bond donors (Lipinski definition) is 0. The van der Waals surface area contributed by atoms with Crippen molar-refractivity contribution in [3.05, 3.63) is 39.8 Å². The van der Waals surface area contributed by atoms with Gasteiger partial charge in [0.25, 0.3) is 0 Å². The number of Topliss-reactive ketones (excluding diaryl/α,β-unsaturated/α-hetero) is 1. The molecule has 3 rings (SSSR count). The minimum atomic E-state index is -3.74. The van der Waals surface area contributed by atoms with E-state index < -0.39 is 27.1 Å². The highest BCUT2D eigenvalue weighted by atomic mass is 35.5. The molecule has 1 aliphatic heterocycles. The molecule has 2 aliphatic rings. The van der Waals surface area contributed by atoms with Crippen molar-refractivity contribution in [1.29, 1.82) is 0 Å². The smallest absolute Gasteiger partial charge is 0.219 e. The van der Waals surface area contributed by atoms with Crippen LogP contribution in [-0.4, -0.2) is 40.3 Å². The molecular formula is C18H19ClO6S. The first-order valence-corrected chi connectivity index (χ1v) is 10.1. The molecule has 26 heavy (non-hydrogen) atoms. The molecule has 1 aromatic rings. The van der Waals surface area contributed by atoms with Crippen LogP contribution in [0, 0.1) is 5.92 Å². The van der Waals surface area contributed by atoms with Gasteiger partial charge in [0, 0.05) is 18.2 Å². The first-order valence-electron chi connectivity index (χ1n) is 7.86. The van der Waals surface area contributed by atoms with Crippen LogP contribution in [0.25, 0.3) is 0 Å². The fourth-order valence-corrected chi connectivity index (χ4v) is 5.13. The number of fused-ring (bicyclic) bond motifs is 1. The van der Waals surface area contributed by atoms with Gasteiger partial charge in [-0.2, -0.15) is 0 Å². The fourth-order valence-electron chi connectivity index (χ4n) is 3.60. The van der Waals surface area contributed by atoms with Crippen molar-refractivity contribution in [2.24, 2.45) is 5.92 Å². The predicted molar refractivity (Wildman–Crippen MR) is 98.1 cm³/mol. The monoisotopic (exact) mass is 398 g/mol. The Kier molecular flexibility index (Phi) is 4.36. The molecule has 1 heterocycles. The summed E-state index contributed by atoms with van der Waals surface area (Å²) in [5.74, 6) is -0.402. The number of ether oxygens (including phenoxy) is 3. The quantitative estimate of drug-likeness (QED) is 0.778. The second-order valence-electron chi connectivity index (χ2n) is 6.51. The lowest BCUT2D eigenvalue weighted by atomic mass is 9.76. The molecule has 0 amide bonds. The Balaban J connectivity index is 2.34. The normalized spacial score (nSPS) is 25.0. The number of benzene rings is 1. The number of carbonyl (C=O) groups excluding carboxylic acids is 1. The third-order valence-electron chi connectivity index (χ3n) is 4.78. The van der Waals surface area contributed by atoms with Crippen LogP contribution >= 0.6 is 11.6 Å². The second-order valence-corrected chi connectivity index (χ2v) is 8.87. The Labute approximate surface area is 157 Å². The van der Waals surface area contributed by atoms with Gasteiger partial charge in [-0.1, -0.05) is 30.7 Å². The Morgan fingerprint density at radius 2 is 1.92 bits per heavy atom. The van der Waals surface area contributed by atoms with Crippen molar-refractivity contribution in [3.63, 3.8) is 0 Å². The zero-order valence-corrected chi connectivity index (χ0v) is 16.5. The summed E-state index contributed by atoms with van der Waals surface area (Å²) >= 11 is 6.35. The van der Waals surface area contributed by atoms with E-state index in [1.807, 2.05) is 0 Å². The summed E-state index contributed by atoms with van der Waals surface area (Å²) in [6.45, 7) is 5.61. The third-order valence-corrected chi connectivity index (χ3v) is 6.36. The van der Waals surface area contributed by atoms with Crippen LogP contribution in [0.5, 0.6) is 17.2 Å². The van der Waals surface area contributed by atoms with E-state index in [0.29, 0.717) is 12.0 Å². The number of sulfone groups is 1. The van der Waals surface area contributed by atoms with Crippen molar-refractivity contribution < 1.29 is 27.4 Å². The molecule has 0 radical (unpaired) electrons. The van der Waals surface area contributed by atoms with Gasteiger partial charge in [0.15, 0.2) is 15.6 Å². The third kappa shape index (κ3) is 2.45. The summed E-state index contributed by atoms with van der Waals surface area (Å²) in [7, 11) is -0.914. The summed E-state index contributed by atoms with van der Waals surface area (Å²) in [6.07, 6.45) is 2.87. The molecule has 0 fully saturated rings. The predicted octanol–water partition coefficient (Wildman–Crippen LogP) is 3.20. The van der Waals surface area contributed by atoms with Crippen molar-refractivity contribution >= 4 is 27.2 Å². The summed E-state index contributed by atoms with van der Waals surface area (Å²) in [4.78, 5) is 13.3. The van der Waals surface area contributed by atoms with Gasteiger partial charge in [-0.25, -0.2) is 8.42 Å². The zero-order valence-electron chi connectivity index (χ0n) is 14.9. The molecule has 0 N–H and O–H groups in total. The maximum Gasteiger partial charge on any atom is 0.219 e. The number of carbonyl (C=O) groups is 1. The molecule has 0 saturated carbocycles. The molecule has 1 aliphatic carbocycles. The number of allylic oxidation sites excluding steroid dienone is 2. The van der Waals surface area contributed by atoms with E-state index in [1.54, 1.807) is 6.92 Å². The molecule has 1 aromatic carbocycles. The fraction of sp³-hybridized carbons (Fsp3) is 0.389. The van der Waals surface area contributed by atoms with E-state index in [1.165, 1.54) is 26.4 Å². The average molecular weight is 399 g/mol. The first-order chi connectivity index (χ1) is 12.1. The highest BCUT2D eigenvalue weighted by Gasteiger charge is 2.60. The van der Waals surface area contributed by atoms with Gasteiger partial charge < -0.3 is 14.2 Å². The lowest BCUT2D eigenvalue weighted by molar-refractivity contribution is 0.0504.